The zero-order valence-corrected chi connectivity index (χ0v) is 38.0. The van der Waals surface area contributed by atoms with Crippen LogP contribution in [0.15, 0.2) is 73.3 Å². The molecule has 8 aromatic rings. The number of fused-ring (bicyclic) bond motifs is 8. The second-order valence-corrected chi connectivity index (χ2v) is 16.3. The molecule has 0 fully saturated rings. The van der Waals surface area contributed by atoms with E-state index in [9.17, 15) is 0 Å². The number of aromatic amines is 8. The minimum atomic E-state index is 0.560. The Morgan fingerprint density at radius 1 is 0.344 bits per heavy atom. The first-order chi connectivity index (χ1) is 31.2. The fraction of sp³-hybridized carbons (Fsp3) is 0.333. The molecule has 0 aliphatic carbocycles. The van der Waals surface area contributed by atoms with Crippen LogP contribution in [0.3, 0.4) is 0 Å². The van der Waals surface area contributed by atoms with E-state index in [4.69, 9.17) is 18.9 Å². The van der Waals surface area contributed by atoms with Crippen molar-refractivity contribution < 1.29 is 37.2 Å². The summed E-state index contributed by atoms with van der Waals surface area (Å²) < 4.78 is 31.6. The second-order valence-electron chi connectivity index (χ2n) is 16.3. The van der Waals surface area contributed by atoms with Gasteiger partial charge in [0.2, 0.25) is 0 Å². The molecule has 8 aromatic heterocycles. The van der Waals surface area contributed by atoms with Crippen LogP contribution in [0.5, 0.6) is 0 Å². The number of ether oxygens (including phenoxy) is 4. The van der Waals surface area contributed by atoms with Crippen molar-refractivity contribution in [2.45, 2.75) is 53.9 Å². The van der Waals surface area contributed by atoms with E-state index < -0.39 is 0 Å². The molecule has 64 heavy (non-hydrogen) atoms. The van der Waals surface area contributed by atoms with Crippen LogP contribution >= 0.6 is 0 Å². The van der Waals surface area contributed by atoms with Gasteiger partial charge in [-0.1, -0.05) is 0 Å². The summed E-state index contributed by atoms with van der Waals surface area (Å²) in [6.45, 7) is 13.4. The van der Waals surface area contributed by atoms with Gasteiger partial charge in [0, 0.05) is 56.1 Å². The lowest BCUT2D eigenvalue weighted by molar-refractivity contribution is -0.704. The van der Waals surface area contributed by atoms with Gasteiger partial charge in [0.05, 0.1) is 70.6 Å². The van der Waals surface area contributed by atoms with Crippen molar-refractivity contribution in [2.24, 2.45) is 0 Å². The lowest BCUT2D eigenvalue weighted by atomic mass is 10.1. The molecule has 0 radical (unpaired) electrons. The Balaban J connectivity index is 1.43. The zero-order chi connectivity index (χ0) is 44.5. The van der Waals surface area contributed by atoms with E-state index in [-0.39, 0.29) is 0 Å². The first-order valence-electron chi connectivity index (χ1n) is 21.8. The predicted molar refractivity (Wildman–Crippen MR) is 239 cm³/mol. The summed E-state index contributed by atoms with van der Waals surface area (Å²) >= 11 is 0. The van der Waals surface area contributed by atoms with Gasteiger partial charge in [-0.3, -0.25) is 0 Å². The van der Waals surface area contributed by atoms with Gasteiger partial charge in [-0.25, -0.2) is 38.2 Å². The monoisotopic (exact) mass is 868 g/mol. The Bertz CT molecular complexity index is 2780. The summed E-state index contributed by atoms with van der Waals surface area (Å²) in [5.41, 5.74) is 12.0. The summed E-state index contributed by atoms with van der Waals surface area (Å²) in [5, 5.41) is 3.73. The highest BCUT2D eigenvalue weighted by Gasteiger charge is 2.30. The number of hydrogen-bond donors (Lipinski definition) is 8. The normalized spacial score (nSPS) is 13.0. The number of rotatable bonds is 16. The zero-order valence-electron chi connectivity index (χ0n) is 38.0. The van der Waals surface area contributed by atoms with Crippen LogP contribution in [0.25, 0.3) is 22.3 Å². The van der Waals surface area contributed by atoms with Gasteiger partial charge in [-0.2, -0.15) is 0 Å². The number of aromatic nitrogens is 12. The van der Waals surface area contributed by atoms with Crippen molar-refractivity contribution >= 4 is 22.3 Å². The summed E-state index contributed by atoms with van der Waals surface area (Å²) in [5.74, 6) is 3.79. The number of nitrogens with one attached hydrogen (secondary N) is 8. The van der Waals surface area contributed by atoms with Gasteiger partial charge >= 0.3 is 0 Å². The predicted octanol–water partition coefficient (Wildman–Crippen LogP) is 0.583. The van der Waals surface area contributed by atoms with Crippen molar-refractivity contribution in [1.29, 1.82) is 0 Å². The molecule has 0 unspecified atom stereocenters. The highest BCUT2D eigenvalue weighted by atomic mass is 16.5. The van der Waals surface area contributed by atoms with E-state index in [1.165, 1.54) is 0 Å². The average Bonchev–Trinajstić information content (AvgIpc) is 4.16. The topological polar surface area (TPSA) is 179 Å². The molecule has 9 rings (SSSR count). The van der Waals surface area contributed by atoms with Crippen molar-refractivity contribution in [1.82, 2.24) is 39.9 Å². The fourth-order valence-electron chi connectivity index (χ4n) is 9.08. The van der Waals surface area contributed by atoms with E-state index in [2.05, 4.69) is 159 Å². The number of methoxy groups -OCH3 is 4. The maximum Gasteiger partial charge on any atom is 0.291 e. The summed E-state index contributed by atoms with van der Waals surface area (Å²) in [6, 6.07) is 17.4. The Morgan fingerprint density at radius 3 is 0.797 bits per heavy atom. The van der Waals surface area contributed by atoms with Gasteiger partial charge in [0.15, 0.2) is 0 Å². The van der Waals surface area contributed by atoms with Crippen LogP contribution in [0.2, 0.25) is 0 Å². The van der Waals surface area contributed by atoms with Crippen LogP contribution in [0.4, 0.5) is 0 Å². The third-order valence-corrected chi connectivity index (χ3v) is 12.4. The van der Waals surface area contributed by atoms with E-state index >= 15 is 0 Å². The number of H-pyrrole nitrogens is 8. The van der Waals surface area contributed by atoms with Gasteiger partial charge < -0.3 is 38.9 Å². The minimum Gasteiger partial charge on any atom is -0.381 e. The van der Waals surface area contributed by atoms with Crippen molar-refractivity contribution in [3.05, 3.63) is 164 Å². The van der Waals surface area contributed by atoms with Gasteiger partial charge in [-0.15, -0.1) is 0 Å². The first-order valence-corrected chi connectivity index (χ1v) is 21.8. The molecular formula is C48H60N12O4+4. The molecule has 8 bridgehead atoms. The van der Waals surface area contributed by atoms with E-state index in [0.717, 1.165) is 113 Å². The number of nitrogens with zero attached hydrogens (tertiary/aromatic N) is 4. The molecular weight excluding hydrogens is 809 g/mol. The maximum atomic E-state index is 5.61. The van der Waals surface area contributed by atoms with E-state index in [0.29, 0.717) is 52.6 Å². The molecule has 0 saturated heterocycles. The molecule has 9 heterocycles. The molecule has 0 amide bonds. The Morgan fingerprint density at radius 2 is 0.578 bits per heavy atom. The molecule has 0 atom stereocenters. The molecule has 332 valence electrons. The standard InChI is InChI=1S/C48H56N12O4/c1-29-25-49-45(57(29)17-21-61-5)41-33-9-11-35(53-33)42(46-50-26-30(2)58(46)18-22-62-6)37-13-15-39(55-37)44(48-52-28-32(4)60(48)20-24-64-8)40-16-14-38(56-40)43(36-12-10-34(41)54-36)47-51-27-31(3)59(47)19-23-63-7/h9-16,25-28H,17-24H2,1-8H3,(H4,49,50,51,52,53,54,55,56)/p+4. The van der Waals surface area contributed by atoms with Crippen molar-refractivity contribution in [3.8, 4) is 0 Å². The van der Waals surface area contributed by atoms with Crippen LogP contribution in [-0.4, -0.2) is 94.7 Å². The van der Waals surface area contributed by atoms with Crippen LogP contribution in [-0.2, 0) is 45.1 Å². The maximum absolute atomic E-state index is 5.61. The first kappa shape index (κ1) is 42.6. The van der Waals surface area contributed by atoms with E-state index in [1.54, 1.807) is 28.4 Å². The van der Waals surface area contributed by atoms with Crippen LogP contribution in [0.1, 0.15) is 68.8 Å². The minimum absolute atomic E-state index is 0.560. The Hall–Kier alpha value is -6.72. The second kappa shape index (κ2) is 18.2. The third-order valence-electron chi connectivity index (χ3n) is 12.4. The number of hydrogen-bond acceptors (Lipinski definition) is 4. The fourth-order valence-corrected chi connectivity index (χ4v) is 9.08. The molecule has 1 aliphatic heterocycles. The number of imidazole rings is 4. The molecule has 8 N–H and O–H groups in total. The highest BCUT2D eigenvalue weighted by molar-refractivity contribution is 5.80. The molecule has 0 spiro atoms. The highest BCUT2D eigenvalue weighted by Crippen LogP contribution is 2.25. The smallest absolute Gasteiger partial charge is 0.291 e. The van der Waals surface area contributed by atoms with Crippen molar-refractivity contribution in [2.75, 3.05) is 54.9 Å². The lowest BCUT2D eigenvalue weighted by Crippen LogP contribution is -2.42. The van der Waals surface area contributed by atoms with E-state index in [1.807, 2.05) is 0 Å². The number of aryl methyl sites for hydroxylation is 4. The average molecular weight is 869 g/mol. The van der Waals surface area contributed by atoms with Gasteiger partial charge in [-0.05, 0) is 48.5 Å². The van der Waals surface area contributed by atoms with Gasteiger partial charge in [0.1, 0.15) is 96.0 Å². The molecule has 16 heteroatoms. The van der Waals surface area contributed by atoms with Gasteiger partial charge in [0.25, 0.3) is 23.3 Å². The largest absolute Gasteiger partial charge is 0.381 e. The summed E-state index contributed by atoms with van der Waals surface area (Å²) in [6.07, 6.45) is 8.22. The van der Waals surface area contributed by atoms with Crippen molar-refractivity contribution in [3.63, 3.8) is 0 Å². The Labute approximate surface area is 370 Å². The molecule has 1 aliphatic rings. The lowest BCUT2D eigenvalue weighted by Gasteiger charge is -2.08. The SMILES string of the molecule is COCC[n+]1c(C)c[nH]c1C1=c2ccc([nH]2)=C(c2[nH]cc(C)[n+]2CCOC)c2ccc([nH]2)C(c2[nH]cc(C)[n+]2CCOC)=c2ccc([nH]2)=C(c2[nH]cc(C)[n+]2CCOC)c2ccc1[nH]2. The summed E-state index contributed by atoms with van der Waals surface area (Å²) in [4.78, 5) is 30.3. The molecule has 0 saturated carbocycles. The molecule has 16 nitrogen and oxygen atoms in total. The van der Waals surface area contributed by atoms with Crippen LogP contribution < -0.4 is 39.7 Å². The quantitative estimate of drug-likeness (QED) is 0.0664. The van der Waals surface area contributed by atoms with Crippen LogP contribution in [0, 0.1) is 27.7 Å². The Kier molecular flexibility index (Phi) is 12.1. The third kappa shape index (κ3) is 7.72. The summed E-state index contributed by atoms with van der Waals surface area (Å²) in [7, 11) is 6.96. The molecule has 0 aromatic carbocycles.